The Labute approximate surface area is 134 Å². The van der Waals surface area contributed by atoms with E-state index in [2.05, 4.69) is 19.4 Å². The molecular weight excluding hydrogens is 355 g/mol. The molecule has 1 unspecified atom stereocenters. The number of aromatic nitrogens is 2. The molecule has 0 saturated heterocycles. The highest BCUT2D eigenvalue weighted by Gasteiger charge is 2.38. The molecule has 2 aromatic heterocycles. The summed E-state index contributed by atoms with van der Waals surface area (Å²) in [5.74, 6) is -1.65. The molecule has 0 saturated carbocycles. The van der Waals surface area contributed by atoms with Crippen LogP contribution in [-0.2, 0) is 16.2 Å². The number of sulfonamides is 1. The highest BCUT2D eigenvalue weighted by molar-refractivity contribution is 7.88. The van der Waals surface area contributed by atoms with Gasteiger partial charge in [-0.3, -0.25) is 0 Å². The second-order valence-corrected chi connectivity index (χ2v) is 8.13. The van der Waals surface area contributed by atoms with Crippen LogP contribution in [0.5, 0.6) is 0 Å². The lowest BCUT2D eigenvalue weighted by Gasteiger charge is -2.19. The molecule has 23 heavy (non-hydrogen) atoms. The average molecular weight is 369 g/mol. The van der Waals surface area contributed by atoms with Crippen molar-refractivity contribution < 1.29 is 26.1 Å². The molecule has 0 aromatic carbocycles. The fraction of sp³-hybridized carbons (Fsp3) is 0.500. The van der Waals surface area contributed by atoms with Crippen LogP contribution in [0, 0.1) is 5.92 Å². The van der Waals surface area contributed by atoms with Crippen LogP contribution in [0.15, 0.2) is 16.7 Å². The fourth-order valence-electron chi connectivity index (χ4n) is 1.83. The quantitative estimate of drug-likeness (QED) is 0.875. The van der Waals surface area contributed by atoms with Crippen molar-refractivity contribution >= 4 is 21.4 Å². The Morgan fingerprint density at radius 1 is 1.30 bits per heavy atom. The van der Waals surface area contributed by atoms with Gasteiger partial charge in [0.05, 0.1) is 17.2 Å². The van der Waals surface area contributed by atoms with Gasteiger partial charge in [-0.05, 0) is 18.1 Å². The number of rotatable bonds is 5. The molecule has 0 spiro atoms. The van der Waals surface area contributed by atoms with Crippen molar-refractivity contribution in [2.24, 2.45) is 5.92 Å². The first-order valence-corrected chi connectivity index (χ1v) is 9.16. The van der Waals surface area contributed by atoms with Crippen LogP contribution in [0.1, 0.15) is 30.7 Å². The number of thiophene rings is 1. The van der Waals surface area contributed by atoms with Gasteiger partial charge in [-0.15, -0.1) is 11.3 Å². The number of hydrogen-bond donors (Lipinski definition) is 1. The van der Waals surface area contributed by atoms with Crippen LogP contribution in [0.3, 0.4) is 0 Å². The van der Waals surface area contributed by atoms with E-state index in [-0.39, 0.29) is 11.7 Å². The number of nitrogens with one attached hydrogen (secondary N) is 1. The van der Waals surface area contributed by atoms with Crippen molar-refractivity contribution in [2.75, 3.05) is 6.26 Å². The van der Waals surface area contributed by atoms with Crippen LogP contribution in [0.2, 0.25) is 0 Å². The summed E-state index contributed by atoms with van der Waals surface area (Å²) in [4.78, 5) is 4.33. The van der Waals surface area contributed by atoms with E-state index in [1.807, 2.05) is 13.8 Å². The summed E-state index contributed by atoms with van der Waals surface area (Å²) in [7, 11) is -3.43. The number of hydrogen-bond acceptors (Lipinski definition) is 6. The van der Waals surface area contributed by atoms with Crippen molar-refractivity contribution in [3.05, 3.63) is 22.9 Å². The number of alkyl halides is 3. The lowest BCUT2D eigenvalue weighted by Crippen LogP contribution is -2.30. The molecule has 6 nitrogen and oxygen atoms in total. The molecule has 0 aliphatic heterocycles. The largest absolute Gasteiger partial charge is 0.471 e. The smallest absolute Gasteiger partial charge is 0.329 e. The van der Waals surface area contributed by atoms with E-state index in [9.17, 15) is 21.6 Å². The predicted octanol–water partition coefficient (Wildman–Crippen LogP) is 3.06. The Bertz CT molecular complexity index is 781. The molecule has 2 heterocycles. The molecule has 2 rings (SSSR count). The van der Waals surface area contributed by atoms with Gasteiger partial charge in [0.15, 0.2) is 0 Å². The van der Waals surface area contributed by atoms with Gasteiger partial charge in [0.1, 0.15) is 0 Å². The Balaban J connectivity index is 2.30. The summed E-state index contributed by atoms with van der Waals surface area (Å²) in [5, 5.41) is 3.31. The van der Waals surface area contributed by atoms with E-state index in [4.69, 9.17) is 0 Å². The van der Waals surface area contributed by atoms with Gasteiger partial charge in [0.25, 0.3) is 0 Å². The monoisotopic (exact) mass is 369 g/mol. The van der Waals surface area contributed by atoms with Gasteiger partial charge < -0.3 is 4.52 Å². The molecule has 0 radical (unpaired) electrons. The zero-order valence-corrected chi connectivity index (χ0v) is 14.0. The van der Waals surface area contributed by atoms with E-state index in [1.54, 1.807) is 6.07 Å². The van der Waals surface area contributed by atoms with Gasteiger partial charge in [-0.1, -0.05) is 19.0 Å². The normalized spacial score (nSPS) is 14.4. The van der Waals surface area contributed by atoms with Gasteiger partial charge in [-0.25, -0.2) is 13.1 Å². The van der Waals surface area contributed by atoms with E-state index >= 15 is 0 Å². The molecular formula is C12H14F3N3O3S2. The third-order valence-electron chi connectivity index (χ3n) is 2.83. The highest BCUT2D eigenvalue weighted by atomic mass is 32.2. The van der Waals surface area contributed by atoms with E-state index in [0.717, 1.165) is 17.6 Å². The first-order chi connectivity index (χ1) is 10.5. The van der Waals surface area contributed by atoms with Gasteiger partial charge in [0, 0.05) is 4.88 Å². The average Bonchev–Trinajstić information content (AvgIpc) is 3.02. The molecule has 0 aliphatic carbocycles. The minimum absolute atomic E-state index is 0.0489. The third-order valence-corrected chi connectivity index (χ3v) is 4.68. The molecule has 0 fully saturated rings. The Morgan fingerprint density at radius 3 is 2.43 bits per heavy atom. The van der Waals surface area contributed by atoms with Crippen molar-refractivity contribution in [1.29, 1.82) is 0 Å². The second-order valence-electron chi connectivity index (χ2n) is 5.23. The Morgan fingerprint density at radius 2 is 1.96 bits per heavy atom. The molecule has 1 atom stereocenters. The van der Waals surface area contributed by atoms with E-state index in [1.165, 1.54) is 6.07 Å². The maximum absolute atomic E-state index is 12.5. The highest BCUT2D eigenvalue weighted by Crippen LogP contribution is 2.35. The van der Waals surface area contributed by atoms with Crippen LogP contribution < -0.4 is 4.72 Å². The number of halogens is 3. The minimum Gasteiger partial charge on any atom is -0.329 e. The zero-order chi connectivity index (χ0) is 17.4. The zero-order valence-electron chi connectivity index (χ0n) is 12.4. The van der Waals surface area contributed by atoms with Crippen LogP contribution in [-0.4, -0.2) is 24.8 Å². The van der Waals surface area contributed by atoms with Gasteiger partial charge in [-0.2, -0.15) is 18.2 Å². The van der Waals surface area contributed by atoms with Crippen molar-refractivity contribution in [3.63, 3.8) is 0 Å². The molecule has 0 bridgehead atoms. The number of nitrogens with zero attached hydrogens (tertiary/aromatic N) is 2. The van der Waals surface area contributed by atoms with E-state index in [0.29, 0.717) is 9.75 Å². The van der Waals surface area contributed by atoms with E-state index < -0.39 is 28.1 Å². The topological polar surface area (TPSA) is 85.1 Å². The van der Waals surface area contributed by atoms with Gasteiger partial charge in [0.2, 0.25) is 15.8 Å². The predicted molar refractivity (Wildman–Crippen MR) is 78.2 cm³/mol. The van der Waals surface area contributed by atoms with Crippen molar-refractivity contribution in [3.8, 4) is 10.7 Å². The van der Waals surface area contributed by atoms with Crippen molar-refractivity contribution in [1.82, 2.24) is 14.9 Å². The van der Waals surface area contributed by atoms with Crippen LogP contribution >= 0.6 is 11.3 Å². The Hall–Kier alpha value is -1.46. The first kappa shape index (κ1) is 17.9. The summed E-state index contributed by atoms with van der Waals surface area (Å²) in [6, 6.07) is 2.68. The summed E-state index contributed by atoms with van der Waals surface area (Å²) in [6.07, 6.45) is -3.66. The Kier molecular flexibility index (Phi) is 4.83. The second kappa shape index (κ2) is 6.21. The first-order valence-electron chi connectivity index (χ1n) is 6.45. The van der Waals surface area contributed by atoms with Crippen LogP contribution in [0.4, 0.5) is 13.2 Å². The maximum atomic E-state index is 12.5. The molecule has 11 heteroatoms. The molecule has 2 aromatic rings. The van der Waals surface area contributed by atoms with Gasteiger partial charge >= 0.3 is 12.1 Å². The summed E-state index contributed by atoms with van der Waals surface area (Å²) in [5.41, 5.74) is 0. The standard InChI is InChI=1S/C12H14F3N3O3S2/c1-6(2)9(18-23(3,19)20)7-4-5-8(22-7)10-16-11(21-17-10)12(13,14)15/h4-6,9,18H,1-3H3. The molecule has 0 amide bonds. The molecule has 0 aliphatic rings. The lowest BCUT2D eigenvalue weighted by atomic mass is 10.0. The summed E-state index contributed by atoms with van der Waals surface area (Å²) in [6.45, 7) is 3.66. The summed E-state index contributed by atoms with van der Waals surface area (Å²) < 4.78 is 67.0. The SMILES string of the molecule is CC(C)C(NS(C)(=O)=O)c1ccc(-c2noc(C(F)(F)F)n2)s1. The molecule has 128 valence electrons. The fourth-order valence-corrected chi connectivity index (χ4v) is 3.93. The third kappa shape index (κ3) is 4.52. The lowest BCUT2D eigenvalue weighted by molar-refractivity contribution is -0.159. The maximum Gasteiger partial charge on any atom is 0.471 e. The minimum atomic E-state index is -4.70. The summed E-state index contributed by atoms with van der Waals surface area (Å²) >= 11 is 1.11. The molecule has 1 N–H and O–H groups in total. The van der Waals surface area contributed by atoms with Crippen molar-refractivity contribution in [2.45, 2.75) is 26.1 Å². The van der Waals surface area contributed by atoms with Crippen LogP contribution in [0.25, 0.3) is 10.7 Å².